The molecule has 1 saturated heterocycles. The van der Waals surface area contributed by atoms with Gasteiger partial charge in [0.15, 0.2) is 0 Å². The van der Waals surface area contributed by atoms with Gasteiger partial charge in [-0.25, -0.2) is 0 Å². The molecule has 1 N–H and O–H groups in total. The number of hydrogen-bond donors (Lipinski definition) is 1. The van der Waals surface area contributed by atoms with Crippen molar-refractivity contribution in [3.63, 3.8) is 0 Å². The fourth-order valence-electron chi connectivity index (χ4n) is 3.21. The third-order valence-electron chi connectivity index (χ3n) is 4.73. The number of halogens is 1. The molecule has 1 aromatic carbocycles. The van der Waals surface area contributed by atoms with Gasteiger partial charge in [-0.15, -0.1) is 0 Å². The number of piperidine rings is 1. The molecule has 0 bridgehead atoms. The molecule has 1 aliphatic heterocycles. The normalized spacial score (nSPS) is 20.6. The Labute approximate surface area is 147 Å². The molecule has 24 heavy (non-hydrogen) atoms. The molecule has 0 spiro atoms. The van der Waals surface area contributed by atoms with E-state index in [1.807, 2.05) is 36.0 Å². The van der Waals surface area contributed by atoms with E-state index < -0.39 is 0 Å². The number of carbonyl (C=O) groups excluding carboxylic acids is 2. The number of hydrogen-bond acceptors (Lipinski definition) is 3. The molecule has 5 nitrogen and oxygen atoms in total. The van der Waals surface area contributed by atoms with E-state index in [0.29, 0.717) is 17.3 Å². The minimum absolute atomic E-state index is 0.0336. The second-order valence-electron chi connectivity index (χ2n) is 6.94. The van der Waals surface area contributed by atoms with Gasteiger partial charge in [-0.2, -0.15) is 0 Å². The number of anilines is 2. The quantitative estimate of drug-likeness (QED) is 0.909. The summed E-state index contributed by atoms with van der Waals surface area (Å²) in [6.07, 6.45) is 3.70. The molecule has 6 heteroatoms. The lowest BCUT2D eigenvalue weighted by atomic mass is 9.96. The average molecular weight is 350 g/mol. The van der Waals surface area contributed by atoms with Gasteiger partial charge in [-0.3, -0.25) is 9.59 Å². The van der Waals surface area contributed by atoms with Gasteiger partial charge in [0.2, 0.25) is 11.8 Å². The first kappa shape index (κ1) is 17.1. The fraction of sp³-hybridized carbons (Fsp3) is 0.556. The summed E-state index contributed by atoms with van der Waals surface area (Å²) < 4.78 is 0. The monoisotopic (exact) mass is 349 g/mol. The third-order valence-corrected chi connectivity index (χ3v) is 4.96. The van der Waals surface area contributed by atoms with Crippen LogP contribution in [-0.2, 0) is 9.59 Å². The minimum atomic E-state index is -0.157. The minimum Gasteiger partial charge on any atom is -0.376 e. The van der Waals surface area contributed by atoms with Gasteiger partial charge in [0, 0.05) is 38.1 Å². The average Bonchev–Trinajstić information content (AvgIpc) is 3.39. The fourth-order valence-corrected chi connectivity index (χ4v) is 3.39. The summed E-state index contributed by atoms with van der Waals surface area (Å²) in [4.78, 5) is 28.8. The molecule has 1 atom stereocenters. The van der Waals surface area contributed by atoms with Gasteiger partial charge < -0.3 is 15.1 Å². The van der Waals surface area contributed by atoms with Crippen LogP contribution in [0.5, 0.6) is 0 Å². The first-order valence-corrected chi connectivity index (χ1v) is 8.90. The number of likely N-dealkylation sites (tertiary alicyclic amines) is 1. The Morgan fingerprint density at radius 1 is 1.21 bits per heavy atom. The van der Waals surface area contributed by atoms with Crippen LogP contribution in [0, 0.1) is 11.8 Å². The number of nitrogens with one attached hydrogen (secondary N) is 1. The Balaban J connectivity index is 1.68. The van der Waals surface area contributed by atoms with E-state index in [1.165, 1.54) is 0 Å². The number of benzene rings is 1. The van der Waals surface area contributed by atoms with E-state index in [4.69, 9.17) is 11.6 Å². The molecule has 2 amide bonds. The largest absolute Gasteiger partial charge is 0.376 e. The van der Waals surface area contributed by atoms with Gasteiger partial charge in [0.1, 0.15) is 0 Å². The molecule has 2 aliphatic rings. The van der Waals surface area contributed by atoms with Crippen LogP contribution in [0.15, 0.2) is 18.2 Å². The first-order chi connectivity index (χ1) is 11.5. The summed E-state index contributed by atoms with van der Waals surface area (Å²) in [5.41, 5.74) is 1.62. The van der Waals surface area contributed by atoms with Crippen LogP contribution in [-0.4, -0.2) is 43.9 Å². The standard InChI is InChI=1S/C18H24ClN3O2/c1-21(2)16-8-7-14(19)10-15(16)20-17(23)13-4-3-9-22(11-13)18(24)12-5-6-12/h7-8,10,12-13H,3-6,9,11H2,1-2H3,(H,20,23)/t13-/m1/s1. The molecule has 1 saturated carbocycles. The van der Waals surface area contributed by atoms with E-state index in [2.05, 4.69) is 5.32 Å². The second kappa shape index (κ2) is 7.01. The second-order valence-corrected chi connectivity index (χ2v) is 7.38. The van der Waals surface area contributed by atoms with Gasteiger partial charge in [-0.05, 0) is 43.9 Å². The molecule has 1 aromatic rings. The number of rotatable bonds is 4. The maximum atomic E-state index is 12.7. The highest BCUT2D eigenvalue weighted by Gasteiger charge is 2.36. The summed E-state index contributed by atoms with van der Waals surface area (Å²) in [6.45, 7) is 1.30. The van der Waals surface area contributed by atoms with Crippen molar-refractivity contribution in [3.05, 3.63) is 23.2 Å². The zero-order chi connectivity index (χ0) is 17.3. The lowest BCUT2D eigenvalue weighted by Gasteiger charge is -2.32. The molecule has 2 fully saturated rings. The van der Waals surface area contributed by atoms with Crippen LogP contribution in [0.1, 0.15) is 25.7 Å². The van der Waals surface area contributed by atoms with E-state index in [1.54, 1.807) is 6.07 Å². The lowest BCUT2D eigenvalue weighted by Crippen LogP contribution is -2.44. The molecule has 130 valence electrons. The Morgan fingerprint density at radius 2 is 1.96 bits per heavy atom. The SMILES string of the molecule is CN(C)c1ccc(Cl)cc1NC(=O)[C@@H]1CCCN(C(=O)C2CC2)C1. The summed E-state index contributed by atoms with van der Waals surface area (Å²) in [6, 6.07) is 5.47. The van der Waals surface area contributed by atoms with Crippen LogP contribution < -0.4 is 10.2 Å². The molecular weight excluding hydrogens is 326 g/mol. The van der Waals surface area contributed by atoms with Crippen LogP contribution >= 0.6 is 11.6 Å². The molecule has 1 heterocycles. The van der Waals surface area contributed by atoms with Crippen molar-refractivity contribution in [2.45, 2.75) is 25.7 Å². The lowest BCUT2D eigenvalue weighted by molar-refractivity contribution is -0.135. The summed E-state index contributed by atoms with van der Waals surface area (Å²) in [7, 11) is 3.85. The maximum Gasteiger partial charge on any atom is 0.229 e. The highest BCUT2D eigenvalue weighted by Crippen LogP contribution is 2.33. The Hall–Kier alpha value is -1.75. The summed E-state index contributed by atoms with van der Waals surface area (Å²) >= 11 is 6.07. The number of carbonyl (C=O) groups is 2. The van der Waals surface area contributed by atoms with Gasteiger partial charge >= 0.3 is 0 Å². The molecule has 0 unspecified atom stereocenters. The molecule has 0 radical (unpaired) electrons. The van der Waals surface area contributed by atoms with Crippen molar-refractivity contribution in [2.24, 2.45) is 11.8 Å². The maximum absolute atomic E-state index is 12.7. The highest BCUT2D eigenvalue weighted by molar-refractivity contribution is 6.31. The van der Waals surface area contributed by atoms with Crippen LogP contribution in [0.25, 0.3) is 0 Å². The summed E-state index contributed by atoms with van der Waals surface area (Å²) in [5, 5.41) is 3.59. The van der Waals surface area contributed by atoms with Crippen molar-refractivity contribution in [2.75, 3.05) is 37.4 Å². The summed E-state index contributed by atoms with van der Waals surface area (Å²) in [5.74, 6) is 0.244. The van der Waals surface area contributed by atoms with Crippen LogP contribution in [0.4, 0.5) is 11.4 Å². The number of amides is 2. The van der Waals surface area contributed by atoms with Crippen molar-refractivity contribution >= 4 is 34.8 Å². The smallest absolute Gasteiger partial charge is 0.229 e. The van der Waals surface area contributed by atoms with E-state index >= 15 is 0 Å². The predicted molar refractivity (Wildman–Crippen MR) is 96.4 cm³/mol. The van der Waals surface area contributed by atoms with E-state index in [-0.39, 0.29) is 23.7 Å². The van der Waals surface area contributed by atoms with Crippen molar-refractivity contribution in [1.82, 2.24) is 4.90 Å². The predicted octanol–water partition coefficient (Wildman–Crippen LogP) is 2.99. The Morgan fingerprint density at radius 3 is 2.62 bits per heavy atom. The third kappa shape index (κ3) is 3.83. The van der Waals surface area contributed by atoms with Crippen molar-refractivity contribution < 1.29 is 9.59 Å². The van der Waals surface area contributed by atoms with Crippen LogP contribution in [0.2, 0.25) is 5.02 Å². The highest BCUT2D eigenvalue weighted by atomic mass is 35.5. The zero-order valence-electron chi connectivity index (χ0n) is 14.2. The Bertz CT molecular complexity index is 643. The Kier molecular flexibility index (Phi) is 4.99. The van der Waals surface area contributed by atoms with Gasteiger partial charge in [0.05, 0.1) is 17.3 Å². The van der Waals surface area contributed by atoms with E-state index in [0.717, 1.165) is 37.9 Å². The van der Waals surface area contributed by atoms with Crippen molar-refractivity contribution in [3.8, 4) is 0 Å². The van der Waals surface area contributed by atoms with Gasteiger partial charge in [0.25, 0.3) is 0 Å². The topological polar surface area (TPSA) is 52.7 Å². The van der Waals surface area contributed by atoms with E-state index in [9.17, 15) is 9.59 Å². The van der Waals surface area contributed by atoms with Gasteiger partial charge in [-0.1, -0.05) is 11.6 Å². The number of nitrogens with zero attached hydrogens (tertiary/aromatic N) is 2. The molecule has 1 aliphatic carbocycles. The van der Waals surface area contributed by atoms with Crippen molar-refractivity contribution in [1.29, 1.82) is 0 Å². The molecule has 3 rings (SSSR count). The molecule has 0 aromatic heterocycles. The molecular formula is C18H24ClN3O2. The van der Waals surface area contributed by atoms with Crippen LogP contribution in [0.3, 0.4) is 0 Å². The zero-order valence-corrected chi connectivity index (χ0v) is 15.0. The first-order valence-electron chi connectivity index (χ1n) is 8.52.